The van der Waals surface area contributed by atoms with Gasteiger partial charge < -0.3 is 24.7 Å². The van der Waals surface area contributed by atoms with Crippen LogP contribution in [0.5, 0.6) is 0 Å². The molecule has 148 valence electrons. The maximum Gasteiger partial charge on any atom is 0.310 e. The van der Waals surface area contributed by atoms with Crippen LogP contribution in [0, 0.1) is 17.0 Å². The Balaban J connectivity index is 1.84. The molecule has 3 heterocycles. The fourth-order valence-corrected chi connectivity index (χ4v) is 6.13. The predicted molar refractivity (Wildman–Crippen MR) is 102 cm³/mol. The van der Waals surface area contributed by atoms with E-state index in [0.29, 0.717) is 12.8 Å². The molecule has 0 amide bonds. The second kappa shape index (κ2) is 5.81. The van der Waals surface area contributed by atoms with Gasteiger partial charge in [0.05, 0.1) is 18.4 Å². The Labute approximate surface area is 163 Å². The van der Waals surface area contributed by atoms with Crippen LogP contribution in [0.1, 0.15) is 25.3 Å². The van der Waals surface area contributed by atoms with E-state index < -0.39 is 29.4 Å². The summed E-state index contributed by atoms with van der Waals surface area (Å²) in [7, 11) is 3.01. The molecule has 7 heteroatoms. The minimum absolute atomic E-state index is 0.118. The molecule has 1 aliphatic carbocycles. The summed E-state index contributed by atoms with van der Waals surface area (Å²) >= 11 is 0. The van der Waals surface area contributed by atoms with Gasteiger partial charge in [-0.05, 0) is 18.6 Å². The first-order valence-corrected chi connectivity index (χ1v) is 9.65. The Hall–Kier alpha value is -2.38. The van der Waals surface area contributed by atoms with Crippen molar-refractivity contribution in [1.82, 2.24) is 0 Å². The van der Waals surface area contributed by atoms with Crippen molar-refractivity contribution in [3.8, 4) is 0 Å². The van der Waals surface area contributed by atoms with Gasteiger partial charge in [-0.1, -0.05) is 24.3 Å². The minimum atomic E-state index is -1.05. The number of methoxy groups -OCH3 is 2. The molecule has 1 N–H and O–H groups in total. The van der Waals surface area contributed by atoms with Crippen LogP contribution in [0.4, 0.5) is 5.69 Å². The summed E-state index contributed by atoms with van der Waals surface area (Å²) in [6.07, 6.45) is 3.99. The van der Waals surface area contributed by atoms with Crippen molar-refractivity contribution in [2.75, 3.05) is 19.5 Å². The van der Waals surface area contributed by atoms with Gasteiger partial charge in [0, 0.05) is 37.1 Å². The lowest BCUT2D eigenvalue weighted by atomic mass is 9.52. The van der Waals surface area contributed by atoms with E-state index in [4.69, 9.17) is 14.2 Å². The highest BCUT2D eigenvalue weighted by Crippen LogP contribution is 2.67. The Morgan fingerprint density at radius 2 is 2.18 bits per heavy atom. The predicted octanol–water partition coefficient (Wildman–Crippen LogP) is 2.16. The van der Waals surface area contributed by atoms with Gasteiger partial charge in [0.25, 0.3) is 0 Å². The first-order valence-electron chi connectivity index (χ1n) is 9.65. The Morgan fingerprint density at radius 3 is 2.89 bits per heavy atom. The fourth-order valence-electron chi connectivity index (χ4n) is 6.13. The number of esters is 1. The number of para-hydroxylation sites is 1. The molecular weight excluding hydrogens is 360 g/mol. The fraction of sp³-hybridized carbons (Fsp3) is 0.524. The van der Waals surface area contributed by atoms with Crippen molar-refractivity contribution in [2.45, 2.75) is 43.2 Å². The van der Waals surface area contributed by atoms with Crippen molar-refractivity contribution >= 4 is 17.9 Å². The third-order valence-electron chi connectivity index (χ3n) is 7.14. The number of hydrogen-bond acceptors (Lipinski definition) is 6. The van der Waals surface area contributed by atoms with Crippen molar-refractivity contribution < 1.29 is 23.7 Å². The van der Waals surface area contributed by atoms with Crippen molar-refractivity contribution in [2.24, 2.45) is 11.8 Å². The summed E-state index contributed by atoms with van der Waals surface area (Å²) in [4.78, 5) is 13.2. The van der Waals surface area contributed by atoms with E-state index in [1.807, 2.05) is 37.3 Å². The van der Waals surface area contributed by atoms with Crippen LogP contribution in [-0.4, -0.2) is 49.2 Å². The van der Waals surface area contributed by atoms with Crippen LogP contribution in [0.15, 0.2) is 35.9 Å². The zero-order valence-corrected chi connectivity index (χ0v) is 16.2. The molecule has 2 bridgehead atoms. The minimum Gasteiger partial charge on any atom is -0.623 e. The zero-order chi connectivity index (χ0) is 19.7. The average molecular weight is 384 g/mol. The molecule has 1 unspecified atom stereocenters. The van der Waals surface area contributed by atoms with Crippen LogP contribution >= 0.6 is 0 Å². The number of anilines is 1. The highest BCUT2D eigenvalue weighted by molar-refractivity contribution is 5.85. The molecule has 0 aromatic heterocycles. The van der Waals surface area contributed by atoms with Crippen molar-refractivity contribution in [1.29, 1.82) is 0 Å². The molecular formula is C21H24N2O5. The lowest BCUT2D eigenvalue weighted by Crippen LogP contribution is -2.71. The summed E-state index contributed by atoms with van der Waals surface area (Å²) in [6, 6.07) is 7.42. The summed E-state index contributed by atoms with van der Waals surface area (Å²) in [5.41, 5.74) is 0.953. The number of carbonyl (C=O) groups is 1. The highest BCUT2D eigenvalue weighted by Gasteiger charge is 2.79. The molecule has 1 saturated heterocycles. The summed E-state index contributed by atoms with van der Waals surface area (Å²) < 4.78 is 18.3. The topological polar surface area (TPSA) is 82.9 Å². The van der Waals surface area contributed by atoms with Crippen LogP contribution < -0.4 is 5.32 Å². The Morgan fingerprint density at radius 1 is 1.39 bits per heavy atom. The number of fused-ring (bicyclic) bond motifs is 3. The third kappa shape index (κ3) is 1.86. The number of hydroxylamine groups is 1. The largest absolute Gasteiger partial charge is 0.623 e. The summed E-state index contributed by atoms with van der Waals surface area (Å²) in [5.74, 6) is -0.882. The number of ether oxygens (including phenoxy) is 3. The first kappa shape index (κ1) is 17.7. The number of carbonyl (C=O) groups excluding carboxylic acids is 1. The number of hydrogen-bond donors (Lipinski definition) is 1. The SMILES string of the molecule is C/C=C1/C=[N+]([O-])[C@H]2C[C@@H]1C(C(=O)OC)[C@@]13C[C@@H](OC)O[C@@]21Nc1ccccc13. The van der Waals surface area contributed by atoms with E-state index in [0.717, 1.165) is 21.6 Å². The van der Waals surface area contributed by atoms with E-state index >= 15 is 0 Å². The average Bonchev–Trinajstić information content (AvgIpc) is 3.19. The smallest absolute Gasteiger partial charge is 0.310 e. The molecule has 1 saturated carbocycles. The van der Waals surface area contributed by atoms with Crippen molar-refractivity contribution in [3.05, 3.63) is 46.7 Å². The molecule has 4 aliphatic rings. The molecule has 5 rings (SSSR count). The van der Waals surface area contributed by atoms with E-state index in [-0.39, 0.29) is 11.9 Å². The monoisotopic (exact) mass is 384 g/mol. The second-order valence-corrected chi connectivity index (χ2v) is 8.00. The van der Waals surface area contributed by atoms with Gasteiger partial charge in [-0.3, -0.25) is 4.79 Å². The molecule has 1 aromatic rings. The maximum absolute atomic E-state index is 13.2. The van der Waals surface area contributed by atoms with Gasteiger partial charge in [-0.25, -0.2) is 4.74 Å². The molecule has 28 heavy (non-hydrogen) atoms. The van der Waals surface area contributed by atoms with Gasteiger partial charge >= 0.3 is 5.97 Å². The maximum atomic E-state index is 13.2. The van der Waals surface area contributed by atoms with Gasteiger partial charge in [-0.2, -0.15) is 0 Å². The second-order valence-electron chi connectivity index (χ2n) is 8.00. The molecule has 2 fully saturated rings. The quantitative estimate of drug-likeness (QED) is 0.478. The molecule has 6 atom stereocenters. The van der Waals surface area contributed by atoms with E-state index in [1.54, 1.807) is 13.3 Å². The number of benzene rings is 1. The lowest BCUT2D eigenvalue weighted by molar-refractivity contribution is -0.536. The van der Waals surface area contributed by atoms with Crippen LogP contribution in [0.3, 0.4) is 0 Å². The van der Waals surface area contributed by atoms with E-state index in [9.17, 15) is 10.0 Å². The van der Waals surface area contributed by atoms with Crippen LogP contribution in [0.25, 0.3) is 0 Å². The first-order chi connectivity index (χ1) is 13.5. The Kier molecular flexibility index (Phi) is 3.67. The normalized spacial score (nSPS) is 41.5. The van der Waals surface area contributed by atoms with E-state index in [1.165, 1.54) is 7.11 Å². The summed E-state index contributed by atoms with van der Waals surface area (Å²) in [6.45, 7) is 1.90. The molecule has 7 nitrogen and oxygen atoms in total. The summed E-state index contributed by atoms with van der Waals surface area (Å²) in [5, 5.41) is 16.6. The molecule has 3 aliphatic heterocycles. The number of nitrogens with zero attached hydrogens (tertiary/aromatic N) is 1. The highest BCUT2D eigenvalue weighted by atomic mass is 16.7. The van der Waals surface area contributed by atoms with Gasteiger partial charge in [0.2, 0.25) is 11.8 Å². The Bertz CT molecular complexity index is 912. The number of rotatable bonds is 2. The number of nitrogens with one attached hydrogen (secondary N) is 1. The van der Waals surface area contributed by atoms with E-state index in [2.05, 4.69) is 5.32 Å². The van der Waals surface area contributed by atoms with Gasteiger partial charge in [0.1, 0.15) is 0 Å². The lowest BCUT2D eigenvalue weighted by Gasteiger charge is -2.53. The van der Waals surface area contributed by atoms with Gasteiger partial charge in [-0.15, -0.1) is 0 Å². The molecule has 0 spiro atoms. The molecule has 0 radical (unpaired) electrons. The van der Waals surface area contributed by atoms with Gasteiger partial charge in [0.15, 0.2) is 12.5 Å². The standard InChI is InChI=1S/C21H24N2O5/c1-4-12-11-23(25)16-9-13(12)18(19(24)27-3)20-10-17(26-2)28-21(16,20)22-15-8-6-5-7-14(15)20/h4-8,11,13,16-18,22H,9-10H2,1-3H3/b12-4-/t13-,16-,17-,18?,20-,21-/m0/s1. The zero-order valence-electron chi connectivity index (χ0n) is 16.2. The number of allylic oxidation sites excluding steroid dienone is 2. The van der Waals surface area contributed by atoms with Crippen LogP contribution in [0.2, 0.25) is 0 Å². The van der Waals surface area contributed by atoms with Crippen molar-refractivity contribution in [3.63, 3.8) is 0 Å². The van der Waals surface area contributed by atoms with Crippen LogP contribution in [-0.2, 0) is 24.4 Å². The third-order valence-corrected chi connectivity index (χ3v) is 7.14. The molecule has 1 aromatic carbocycles.